The third-order valence-corrected chi connectivity index (χ3v) is 4.90. The molecule has 1 aromatic carbocycles. The third-order valence-electron chi connectivity index (χ3n) is 4.90. The van der Waals surface area contributed by atoms with Crippen LogP contribution in [0.1, 0.15) is 34.9 Å². The summed E-state index contributed by atoms with van der Waals surface area (Å²) in [5, 5.41) is 12.7. The van der Waals surface area contributed by atoms with Gasteiger partial charge in [0, 0.05) is 18.8 Å². The van der Waals surface area contributed by atoms with Crippen LogP contribution >= 0.6 is 0 Å². The number of carbonyl (C=O) groups excluding carboxylic acids is 1. The van der Waals surface area contributed by atoms with Gasteiger partial charge in [-0.2, -0.15) is 0 Å². The van der Waals surface area contributed by atoms with Gasteiger partial charge in [-0.1, -0.05) is 6.07 Å². The van der Waals surface area contributed by atoms with Gasteiger partial charge in [0.1, 0.15) is 0 Å². The molecule has 1 atom stereocenters. The minimum atomic E-state index is -0.280. The Kier molecular flexibility index (Phi) is 3.97. The lowest BCUT2D eigenvalue weighted by atomic mass is 9.76. The first-order chi connectivity index (χ1) is 12.1. The zero-order valence-corrected chi connectivity index (χ0v) is 14.0. The highest BCUT2D eigenvalue weighted by Crippen LogP contribution is 2.37. The van der Waals surface area contributed by atoms with Crippen molar-refractivity contribution in [2.45, 2.75) is 25.0 Å². The molecule has 0 unspecified atom stereocenters. The molecule has 6 nitrogen and oxygen atoms in total. The average Bonchev–Trinajstić information content (AvgIpc) is 2.98. The molecule has 1 amide bonds. The summed E-state index contributed by atoms with van der Waals surface area (Å²) in [5.74, 6) is 0.0528. The van der Waals surface area contributed by atoms with Gasteiger partial charge in [-0.05, 0) is 49.1 Å². The van der Waals surface area contributed by atoms with Crippen LogP contribution < -0.4 is 5.32 Å². The second kappa shape index (κ2) is 6.29. The van der Waals surface area contributed by atoms with Crippen LogP contribution in [0.15, 0.2) is 48.9 Å². The third kappa shape index (κ3) is 3.00. The van der Waals surface area contributed by atoms with Crippen LogP contribution in [0.4, 0.5) is 0 Å². The summed E-state index contributed by atoms with van der Waals surface area (Å²) < 4.78 is 1.92. The smallest absolute Gasteiger partial charge is 0.251 e. The van der Waals surface area contributed by atoms with E-state index in [1.54, 1.807) is 18.6 Å². The number of pyridine rings is 1. The quantitative estimate of drug-likeness (QED) is 0.765. The molecule has 6 heteroatoms. The fraction of sp³-hybridized carbons (Fsp3) is 0.316. The lowest BCUT2D eigenvalue weighted by Crippen LogP contribution is -2.41. The first-order valence-electron chi connectivity index (χ1n) is 8.43. The van der Waals surface area contributed by atoms with Crippen molar-refractivity contribution in [3.8, 4) is 0 Å². The minimum absolute atomic E-state index is 0.149. The molecule has 1 saturated carbocycles. The van der Waals surface area contributed by atoms with Gasteiger partial charge in [0.05, 0.1) is 35.2 Å². The Morgan fingerprint density at radius 2 is 2.12 bits per heavy atom. The number of carbonyl (C=O) groups is 1. The second-order valence-corrected chi connectivity index (χ2v) is 6.65. The van der Waals surface area contributed by atoms with Crippen LogP contribution in [-0.2, 0) is 7.05 Å². The highest BCUT2D eigenvalue weighted by atomic mass is 16.3. The number of rotatable bonds is 4. The number of amides is 1. The largest absolute Gasteiger partial charge is 0.393 e. The molecule has 4 rings (SSSR count). The Bertz CT molecular complexity index is 900. The van der Waals surface area contributed by atoms with Crippen molar-refractivity contribution in [1.82, 2.24) is 19.9 Å². The number of fused-ring (bicyclic) bond motifs is 1. The zero-order valence-electron chi connectivity index (χ0n) is 14.0. The highest BCUT2D eigenvalue weighted by molar-refractivity contribution is 5.97. The van der Waals surface area contributed by atoms with Gasteiger partial charge in [0.2, 0.25) is 0 Å². The Balaban J connectivity index is 1.59. The number of aliphatic hydroxyl groups excluding tert-OH is 1. The fourth-order valence-electron chi connectivity index (χ4n) is 3.40. The van der Waals surface area contributed by atoms with Gasteiger partial charge >= 0.3 is 0 Å². The number of aromatic nitrogens is 3. The lowest BCUT2D eigenvalue weighted by Gasteiger charge is -2.37. The number of imidazole rings is 1. The maximum atomic E-state index is 12.8. The summed E-state index contributed by atoms with van der Waals surface area (Å²) in [4.78, 5) is 21.5. The summed E-state index contributed by atoms with van der Waals surface area (Å²) in [6, 6.07) is 11.0. The van der Waals surface area contributed by atoms with Crippen molar-refractivity contribution < 1.29 is 9.90 Å². The Morgan fingerprint density at radius 3 is 2.84 bits per heavy atom. The van der Waals surface area contributed by atoms with Crippen molar-refractivity contribution in [3.63, 3.8) is 0 Å². The first kappa shape index (κ1) is 15.8. The van der Waals surface area contributed by atoms with Crippen molar-refractivity contribution in [3.05, 3.63) is 60.2 Å². The minimum Gasteiger partial charge on any atom is -0.393 e. The van der Waals surface area contributed by atoms with E-state index in [0.29, 0.717) is 18.4 Å². The number of benzene rings is 1. The monoisotopic (exact) mass is 336 g/mol. The Labute approximate surface area is 145 Å². The van der Waals surface area contributed by atoms with Gasteiger partial charge in [-0.15, -0.1) is 0 Å². The predicted molar refractivity (Wildman–Crippen MR) is 93.9 cm³/mol. The molecule has 0 saturated heterocycles. The molecule has 3 aromatic rings. The molecule has 0 spiro atoms. The van der Waals surface area contributed by atoms with Crippen molar-refractivity contribution in [2.24, 2.45) is 13.0 Å². The van der Waals surface area contributed by atoms with Gasteiger partial charge in [-0.25, -0.2) is 4.98 Å². The molecule has 25 heavy (non-hydrogen) atoms. The molecule has 1 aliphatic rings. The SMILES string of the molecule is Cn1cnc2cc(C(=O)N[C@@H](c3ccccn3)C3CC(O)C3)ccc21. The molecule has 0 radical (unpaired) electrons. The molecule has 2 N–H and O–H groups in total. The Morgan fingerprint density at radius 1 is 1.28 bits per heavy atom. The average molecular weight is 336 g/mol. The normalized spacial score (nSPS) is 20.9. The van der Waals surface area contributed by atoms with E-state index in [1.165, 1.54) is 0 Å². The molecule has 2 aromatic heterocycles. The maximum absolute atomic E-state index is 12.8. The molecule has 1 aliphatic carbocycles. The van der Waals surface area contributed by atoms with Crippen LogP contribution in [0.3, 0.4) is 0 Å². The van der Waals surface area contributed by atoms with E-state index in [9.17, 15) is 9.90 Å². The predicted octanol–water partition coefficient (Wildman–Crippen LogP) is 2.21. The van der Waals surface area contributed by atoms with Gasteiger partial charge in [0.15, 0.2) is 0 Å². The number of aryl methyl sites for hydroxylation is 1. The number of hydrogen-bond acceptors (Lipinski definition) is 4. The summed E-state index contributed by atoms with van der Waals surface area (Å²) >= 11 is 0. The summed E-state index contributed by atoms with van der Waals surface area (Å²) in [6.45, 7) is 0. The molecule has 2 heterocycles. The molecule has 0 aliphatic heterocycles. The fourth-order valence-corrected chi connectivity index (χ4v) is 3.40. The van der Waals surface area contributed by atoms with Crippen LogP contribution in [-0.4, -0.2) is 31.7 Å². The number of hydrogen-bond donors (Lipinski definition) is 2. The highest BCUT2D eigenvalue weighted by Gasteiger charge is 2.36. The summed E-state index contributed by atoms with van der Waals surface area (Å²) in [5.41, 5.74) is 3.18. The molecular weight excluding hydrogens is 316 g/mol. The second-order valence-electron chi connectivity index (χ2n) is 6.65. The lowest BCUT2D eigenvalue weighted by molar-refractivity contribution is 0.0228. The van der Waals surface area contributed by atoms with Crippen LogP contribution in [0.2, 0.25) is 0 Å². The number of nitrogens with zero attached hydrogens (tertiary/aromatic N) is 3. The maximum Gasteiger partial charge on any atom is 0.251 e. The van der Waals surface area contributed by atoms with Crippen LogP contribution in [0.25, 0.3) is 11.0 Å². The molecule has 128 valence electrons. The molecular formula is C19H20N4O2. The summed E-state index contributed by atoms with van der Waals surface area (Å²) in [7, 11) is 1.92. The summed E-state index contributed by atoms with van der Waals surface area (Å²) in [6.07, 6.45) is 4.54. The molecule has 0 bridgehead atoms. The first-order valence-corrected chi connectivity index (χ1v) is 8.43. The van der Waals surface area contributed by atoms with Crippen LogP contribution in [0, 0.1) is 5.92 Å². The van der Waals surface area contributed by atoms with Crippen molar-refractivity contribution in [1.29, 1.82) is 0 Å². The van der Waals surface area contributed by atoms with Crippen molar-refractivity contribution >= 4 is 16.9 Å². The van der Waals surface area contributed by atoms with Gasteiger partial charge < -0.3 is 15.0 Å². The Hall–Kier alpha value is -2.73. The van der Waals surface area contributed by atoms with Crippen molar-refractivity contribution in [2.75, 3.05) is 0 Å². The van der Waals surface area contributed by atoms with Gasteiger partial charge in [-0.3, -0.25) is 9.78 Å². The molecule has 1 fully saturated rings. The zero-order chi connectivity index (χ0) is 17.4. The standard InChI is InChI=1S/C19H20N4O2/c1-23-11-21-16-10-12(5-6-17(16)23)19(25)22-18(13-8-14(24)9-13)15-4-2-3-7-20-15/h2-7,10-11,13-14,18,24H,8-9H2,1H3,(H,22,25)/t13?,14?,18-/m1/s1. The van der Waals surface area contributed by atoms with E-state index in [0.717, 1.165) is 16.7 Å². The van der Waals surface area contributed by atoms with E-state index in [4.69, 9.17) is 0 Å². The van der Waals surface area contributed by atoms with E-state index in [1.807, 2.05) is 41.9 Å². The van der Waals surface area contributed by atoms with E-state index in [-0.39, 0.29) is 24.0 Å². The van der Waals surface area contributed by atoms with E-state index >= 15 is 0 Å². The topological polar surface area (TPSA) is 80.0 Å². The number of aliphatic hydroxyl groups is 1. The van der Waals surface area contributed by atoms with E-state index < -0.39 is 0 Å². The van der Waals surface area contributed by atoms with Crippen LogP contribution in [0.5, 0.6) is 0 Å². The van der Waals surface area contributed by atoms with Gasteiger partial charge in [0.25, 0.3) is 5.91 Å². The van der Waals surface area contributed by atoms with E-state index in [2.05, 4.69) is 15.3 Å². The number of nitrogens with one attached hydrogen (secondary N) is 1.